The van der Waals surface area contributed by atoms with Crippen LogP contribution in [0.1, 0.15) is 32.6 Å². The number of nitriles is 1. The van der Waals surface area contributed by atoms with Crippen molar-refractivity contribution in [3.05, 3.63) is 0 Å². The number of hydrogen-bond acceptors (Lipinski definition) is 4. The zero-order chi connectivity index (χ0) is 9.94. The molecule has 0 aliphatic carbocycles. The van der Waals surface area contributed by atoms with Crippen LogP contribution in [0.2, 0.25) is 0 Å². The van der Waals surface area contributed by atoms with E-state index in [1.807, 2.05) is 0 Å². The largest absolute Gasteiger partial charge is 0.395 e. The van der Waals surface area contributed by atoms with Crippen LogP contribution in [0.25, 0.3) is 0 Å². The van der Waals surface area contributed by atoms with Crippen LogP contribution in [0.3, 0.4) is 0 Å². The molecule has 0 aromatic heterocycles. The minimum absolute atomic E-state index is 0.213. The van der Waals surface area contributed by atoms with Gasteiger partial charge in [0.2, 0.25) is 5.71 Å². The van der Waals surface area contributed by atoms with Crippen molar-refractivity contribution in [1.29, 1.82) is 5.26 Å². The fourth-order valence-electron chi connectivity index (χ4n) is 0.777. The lowest BCUT2D eigenvalue weighted by Crippen LogP contribution is -1.97. The number of aldehydes is 1. The molecule has 4 nitrogen and oxygen atoms in total. The molecular weight excluding hydrogens is 168 g/mol. The number of oxime groups is 1. The van der Waals surface area contributed by atoms with Crippen molar-refractivity contribution in [2.45, 2.75) is 32.6 Å². The Labute approximate surface area is 78.2 Å². The summed E-state index contributed by atoms with van der Waals surface area (Å²) < 4.78 is 0. The van der Waals surface area contributed by atoms with Crippen molar-refractivity contribution in [2.24, 2.45) is 5.16 Å². The lowest BCUT2D eigenvalue weighted by atomic mass is 10.2. The van der Waals surface area contributed by atoms with Gasteiger partial charge in [-0.3, -0.25) is 4.79 Å². The van der Waals surface area contributed by atoms with Crippen LogP contribution >= 0.6 is 0 Å². The average Bonchev–Trinajstić information content (AvgIpc) is 2.17. The van der Waals surface area contributed by atoms with Crippen LogP contribution < -0.4 is 0 Å². The number of carbonyl (C=O) groups is 1. The third-order valence-electron chi connectivity index (χ3n) is 1.48. The fourth-order valence-corrected chi connectivity index (χ4v) is 0.777. The standard InChI is InChI=1S/C9H14N2O2/c1-2-3-4-5-6-13-11-9(7-10)8-12/h8H,2-6H2,1H3/b11-9+. The maximum absolute atomic E-state index is 10.1. The van der Waals surface area contributed by atoms with Gasteiger partial charge in [-0.05, 0) is 12.8 Å². The predicted octanol–water partition coefficient (Wildman–Crippen LogP) is 1.66. The van der Waals surface area contributed by atoms with Crippen molar-refractivity contribution in [3.8, 4) is 6.07 Å². The van der Waals surface area contributed by atoms with Gasteiger partial charge < -0.3 is 4.84 Å². The summed E-state index contributed by atoms with van der Waals surface area (Å²) in [5.41, 5.74) is -0.213. The van der Waals surface area contributed by atoms with E-state index in [0.717, 1.165) is 12.8 Å². The molecule has 0 aliphatic rings. The third-order valence-corrected chi connectivity index (χ3v) is 1.48. The summed E-state index contributed by atoms with van der Waals surface area (Å²) in [6.45, 7) is 2.60. The quantitative estimate of drug-likeness (QED) is 0.260. The average molecular weight is 182 g/mol. The normalized spacial score (nSPS) is 10.6. The molecule has 0 radical (unpaired) electrons. The van der Waals surface area contributed by atoms with Gasteiger partial charge in [-0.2, -0.15) is 5.26 Å². The topological polar surface area (TPSA) is 62.4 Å². The highest BCUT2D eigenvalue weighted by Gasteiger charge is 1.93. The number of hydrogen-bond donors (Lipinski definition) is 0. The van der Waals surface area contributed by atoms with E-state index in [1.165, 1.54) is 12.8 Å². The molecule has 0 spiro atoms. The zero-order valence-electron chi connectivity index (χ0n) is 7.82. The summed E-state index contributed by atoms with van der Waals surface area (Å²) >= 11 is 0. The molecule has 0 aliphatic heterocycles. The molecule has 0 amide bonds. The second-order valence-corrected chi connectivity index (χ2v) is 2.60. The molecule has 0 heterocycles. The Bertz CT molecular complexity index is 206. The smallest absolute Gasteiger partial charge is 0.219 e. The maximum atomic E-state index is 10.1. The Balaban J connectivity index is 3.39. The Morgan fingerprint density at radius 1 is 1.54 bits per heavy atom. The van der Waals surface area contributed by atoms with E-state index in [4.69, 9.17) is 10.1 Å². The summed E-state index contributed by atoms with van der Waals surface area (Å²) in [6.07, 6.45) is 4.73. The molecule has 0 fully saturated rings. The Hall–Kier alpha value is -1.37. The highest BCUT2D eigenvalue weighted by atomic mass is 16.6. The first-order chi connectivity index (χ1) is 6.35. The van der Waals surface area contributed by atoms with Gasteiger partial charge in [-0.15, -0.1) is 0 Å². The molecule has 0 saturated carbocycles. The molecule has 72 valence electrons. The van der Waals surface area contributed by atoms with E-state index >= 15 is 0 Å². The van der Waals surface area contributed by atoms with E-state index in [1.54, 1.807) is 6.07 Å². The van der Waals surface area contributed by atoms with Crippen LogP contribution in [0.15, 0.2) is 5.16 Å². The van der Waals surface area contributed by atoms with Crippen LogP contribution in [0.5, 0.6) is 0 Å². The van der Waals surface area contributed by atoms with Gasteiger partial charge >= 0.3 is 0 Å². The number of unbranched alkanes of at least 4 members (excludes halogenated alkanes) is 3. The van der Waals surface area contributed by atoms with E-state index in [-0.39, 0.29) is 5.71 Å². The van der Waals surface area contributed by atoms with Crippen LogP contribution in [0.4, 0.5) is 0 Å². The summed E-state index contributed by atoms with van der Waals surface area (Å²) in [4.78, 5) is 14.8. The van der Waals surface area contributed by atoms with Crippen LogP contribution in [0, 0.1) is 11.3 Å². The summed E-state index contributed by atoms with van der Waals surface area (Å²) in [6, 6.07) is 1.61. The van der Waals surface area contributed by atoms with Gasteiger partial charge in [0.25, 0.3) is 0 Å². The first-order valence-electron chi connectivity index (χ1n) is 4.40. The molecule has 0 saturated heterocycles. The highest BCUT2D eigenvalue weighted by molar-refractivity contribution is 6.35. The third kappa shape index (κ3) is 7.01. The molecule has 0 bridgehead atoms. The molecule has 0 aromatic rings. The second kappa shape index (κ2) is 8.72. The highest BCUT2D eigenvalue weighted by Crippen LogP contribution is 1.98. The molecule has 0 N–H and O–H groups in total. The van der Waals surface area contributed by atoms with Gasteiger partial charge in [0.1, 0.15) is 12.7 Å². The van der Waals surface area contributed by atoms with Gasteiger partial charge in [0, 0.05) is 0 Å². The molecular formula is C9H14N2O2. The lowest BCUT2D eigenvalue weighted by Gasteiger charge is -1.97. The van der Waals surface area contributed by atoms with E-state index in [9.17, 15) is 4.79 Å². The van der Waals surface area contributed by atoms with E-state index in [2.05, 4.69) is 12.1 Å². The monoisotopic (exact) mass is 182 g/mol. The number of nitrogens with zero attached hydrogens (tertiary/aromatic N) is 2. The SMILES string of the molecule is CCCCCCO/N=C(\C#N)C=O. The summed E-state index contributed by atoms with van der Waals surface area (Å²) in [5.74, 6) is 0. The van der Waals surface area contributed by atoms with E-state index < -0.39 is 0 Å². The van der Waals surface area contributed by atoms with Gasteiger partial charge in [0.15, 0.2) is 6.29 Å². The van der Waals surface area contributed by atoms with Gasteiger partial charge in [0.05, 0.1) is 0 Å². The second-order valence-electron chi connectivity index (χ2n) is 2.60. The van der Waals surface area contributed by atoms with Crippen molar-refractivity contribution in [1.82, 2.24) is 0 Å². The molecule has 0 aromatic carbocycles. The fraction of sp³-hybridized carbons (Fsp3) is 0.667. The van der Waals surface area contributed by atoms with Crippen LogP contribution in [-0.2, 0) is 9.63 Å². The van der Waals surface area contributed by atoms with Crippen molar-refractivity contribution >= 4 is 12.0 Å². The number of carbonyl (C=O) groups excluding carboxylic acids is 1. The van der Waals surface area contributed by atoms with E-state index in [0.29, 0.717) is 12.9 Å². The van der Waals surface area contributed by atoms with Crippen LogP contribution in [-0.4, -0.2) is 18.6 Å². The van der Waals surface area contributed by atoms with Crippen molar-refractivity contribution in [3.63, 3.8) is 0 Å². The minimum atomic E-state index is -0.213. The van der Waals surface area contributed by atoms with Crippen molar-refractivity contribution < 1.29 is 9.63 Å². The van der Waals surface area contributed by atoms with Gasteiger partial charge in [-0.25, -0.2) is 0 Å². The number of rotatable bonds is 7. The molecule has 0 rings (SSSR count). The Morgan fingerprint density at radius 3 is 2.85 bits per heavy atom. The van der Waals surface area contributed by atoms with Gasteiger partial charge in [-0.1, -0.05) is 24.9 Å². The first kappa shape index (κ1) is 11.6. The Kier molecular flexibility index (Phi) is 7.80. The molecule has 0 atom stereocenters. The molecule has 0 unspecified atom stereocenters. The molecule has 4 heteroatoms. The predicted molar refractivity (Wildman–Crippen MR) is 49.2 cm³/mol. The van der Waals surface area contributed by atoms with Crippen molar-refractivity contribution in [2.75, 3.05) is 6.61 Å². The Morgan fingerprint density at radius 2 is 2.31 bits per heavy atom. The minimum Gasteiger partial charge on any atom is -0.395 e. The summed E-state index contributed by atoms with van der Waals surface area (Å²) in [5, 5.41) is 11.6. The lowest BCUT2D eigenvalue weighted by molar-refractivity contribution is -0.102. The zero-order valence-corrected chi connectivity index (χ0v) is 7.82. The maximum Gasteiger partial charge on any atom is 0.219 e. The summed E-state index contributed by atoms with van der Waals surface area (Å²) in [7, 11) is 0. The molecule has 13 heavy (non-hydrogen) atoms. The first-order valence-corrected chi connectivity index (χ1v) is 4.40.